The third-order valence-corrected chi connectivity index (χ3v) is 3.30. The van der Waals surface area contributed by atoms with E-state index in [9.17, 15) is 14.7 Å². The average molecular weight is 354 g/mol. The van der Waals surface area contributed by atoms with E-state index in [1.807, 2.05) is 39.0 Å². The zero-order valence-electron chi connectivity index (χ0n) is 15.0. The Balaban J connectivity index is 2.12. The van der Waals surface area contributed by atoms with Crippen LogP contribution in [0, 0.1) is 5.41 Å². The number of nitrogens with one attached hydrogen (secondary N) is 1. The molecule has 0 spiro atoms. The molecule has 0 radical (unpaired) electrons. The zero-order chi connectivity index (χ0) is 19.2. The molecule has 1 amide bonds. The fourth-order valence-electron chi connectivity index (χ4n) is 2.02. The normalized spacial score (nSPS) is 12.6. The van der Waals surface area contributed by atoms with Gasteiger partial charge in [-0.3, -0.25) is 4.79 Å². The Morgan fingerprint density at radius 1 is 1.19 bits per heavy atom. The van der Waals surface area contributed by atoms with Gasteiger partial charge in [0.05, 0.1) is 0 Å². The highest BCUT2D eigenvalue weighted by Crippen LogP contribution is 2.19. The van der Waals surface area contributed by atoms with Gasteiger partial charge in [-0.2, -0.15) is 0 Å². The van der Waals surface area contributed by atoms with Gasteiger partial charge in [0.15, 0.2) is 0 Å². The number of carboxylic acid groups (broad SMARTS) is 1. The van der Waals surface area contributed by atoms with Crippen LogP contribution in [0.1, 0.15) is 31.1 Å². The molecule has 136 valence electrons. The van der Waals surface area contributed by atoms with Gasteiger partial charge in [-0.15, -0.1) is 0 Å². The summed E-state index contributed by atoms with van der Waals surface area (Å²) in [6, 6.07) is 10.9. The topological polar surface area (TPSA) is 88.5 Å². The van der Waals surface area contributed by atoms with Gasteiger partial charge in [-0.05, 0) is 23.6 Å². The summed E-state index contributed by atoms with van der Waals surface area (Å²) >= 11 is 0. The van der Waals surface area contributed by atoms with E-state index in [0.29, 0.717) is 5.75 Å². The number of nitrogens with zero attached hydrogens (tertiary/aromatic N) is 1. The molecule has 1 aromatic carbocycles. The molecule has 6 heteroatoms. The number of amides is 1. The molecule has 2 rings (SSSR count). The molecule has 0 bridgehead atoms. The number of carbonyl (C=O) groups is 2. The minimum Gasteiger partial charge on any atom is -0.479 e. The quantitative estimate of drug-likeness (QED) is 0.773. The third kappa shape index (κ3) is 6.05. The van der Waals surface area contributed by atoms with Crippen LogP contribution >= 0.6 is 0 Å². The number of carbonyl (C=O) groups excluding carboxylic acids is 1. The molecule has 26 heavy (non-hydrogen) atoms. The number of hydrogen-bond donors (Lipinski definition) is 2. The van der Waals surface area contributed by atoms with Crippen molar-refractivity contribution in [2.24, 2.45) is 5.41 Å². The van der Waals surface area contributed by atoms with E-state index in [1.54, 1.807) is 18.2 Å². The van der Waals surface area contributed by atoms with E-state index >= 15 is 0 Å². The molecule has 0 fully saturated rings. The van der Waals surface area contributed by atoms with Crippen LogP contribution in [0.5, 0.6) is 11.6 Å². The molecule has 1 heterocycles. The summed E-state index contributed by atoms with van der Waals surface area (Å²) in [5, 5.41) is 11.8. The molecule has 0 aliphatic heterocycles. The van der Waals surface area contributed by atoms with Crippen molar-refractivity contribution in [2.45, 2.75) is 26.8 Å². The van der Waals surface area contributed by atoms with E-state index in [1.165, 1.54) is 24.4 Å². The van der Waals surface area contributed by atoms with E-state index < -0.39 is 17.9 Å². The van der Waals surface area contributed by atoms with E-state index in [2.05, 4.69) is 10.3 Å². The molecule has 2 aromatic rings. The largest absolute Gasteiger partial charge is 0.479 e. The maximum Gasteiger partial charge on any atom is 0.330 e. The third-order valence-electron chi connectivity index (χ3n) is 3.30. The first-order chi connectivity index (χ1) is 12.2. The van der Waals surface area contributed by atoms with Crippen molar-refractivity contribution in [3.8, 4) is 11.6 Å². The number of rotatable bonds is 6. The minimum atomic E-state index is -1.13. The van der Waals surface area contributed by atoms with Crippen LogP contribution in [-0.4, -0.2) is 28.0 Å². The van der Waals surface area contributed by atoms with Crippen molar-refractivity contribution in [1.82, 2.24) is 10.3 Å². The van der Waals surface area contributed by atoms with Crippen LogP contribution in [0.15, 0.2) is 60.8 Å². The highest BCUT2D eigenvalue weighted by atomic mass is 16.5. The summed E-state index contributed by atoms with van der Waals surface area (Å²) in [6.07, 6.45) is 4.67. The highest BCUT2D eigenvalue weighted by molar-refractivity contribution is 5.97. The second-order valence-corrected chi connectivity index (χ2v) is 6.81. The first kappa shape index (κ1) is 19.2. The van der Waals surface area contributed by atoms with Gasteiger partial charge in [0, 0.05) is 17.8 Å². The molecule has 0 aliphatic rings. The van der Waals surface area contributed by atoms with Crippen LogP contribution in [0.25, 0.3) is 0 Å². The molecule has 1 aromatic heterocycles. The van der Waals surface area contributed by atoms with Gasteiger partial charge in [0.25, 0.3) is 5.91 Å². The summed E-state index contributed by atoms with van der Waals surface area (Å²) < 4.78 is 5.59. The lowest BCUT2D eigenvalue weighted by atomic mass is 9.95. The first-order valence-corrected chi connectivity index (χ1v) is 8.16. The highest BCUT2D eigenvalue weighted by Gasteiger charge is 2.19. The number of allylic oxidation sites excluding steroid dienone is 1. The van der Waals surface area contributed by atoms with Crippen LogP contribution in [0.3, 0.4) is 0 Å². The molecular weight excluding hydrogens is 332 g/mol. The van der Waals surface area contributed by atoms with Gasteiger partial charge in [-0.1, -0.05) is 51.1 Å². The van der Waals surface area contributed by atoms with Gasteiger partial charge in [-0.25, -0.2) is 9.78 Å². The van der Waals surface area contributed by atoms with Crippen LogP contribution in [-0.2, 0) is 4.79 Å². The van der Waals surface area contributed by atoms with Gasteiger partial charge in [0.1, 0.15) is 11.8 Å². The molecule has 6 nitrogen and oxygen atoms in total. The predicted molar refractivity (Wildman–Crippen MR) is 98.2 cm³/mol. The van der Waals surface area contributed by atoms with Crippen LogP contribution in [0.2, 0.25) is 0 Å². The number of aliphatic carboxylic acids is 1. The molecule has 1 atom stereocenters. The Morgan fingerprint density at radius 2 is 1.88 bits per heavy atom. The maximum atomic E-state index is 12.4. The van der Waals surface area contributed by atoms with E-state index in [0.717, 1.165) is 0 Å². The van der Waals surface area contributed by atoms with E-state index in [-0.39, 0.29) is 16.9 Å². The molecule has 0 saturated carbocycles. The number of aromatic nitrogens is 1. The summed E-state index contributed by atoms with van der Waals surface area (Å²) in [5.74, 6) is -0.806. The predicted octanol–water partition coefficient (Wildman–Crippen LogP) is 3.66. The minimum absolute atomic E-state index is 0.189. The number of pyridine rings is 1. The van der Waals surface area contributed by atoms with Crippen molar-refractivity contribution >= 4 is 11.9 Å². The SMILES string of the molecule is CC(C)(C)/C=C/C(NC(=O)c1ccnc(Oc2ccccc2)c1)C(=O)O. The second kappa shape index (κ2) is 8.29. The first-order valence-electron chi connectivity index (χ1n) is 8.16. The summed E-state index contributed by atoms with van der Waals surface area (Å²) in [5.41, 5.74) is 0.0764. The fourth-order valence-corrected chi connectivity index (χ4v) is 2.02. The van der Waals surface area contributed by atoms with Crippen molar-refractivity contribution < 1.29 is 19.4 Å². The Bertz CT molecular complexity index is 795. The maximum absolute atomic E-state index is 12.4. The Labute approximate surface area is 152 Å². The number of para-hydroxylation sites is 1. The van der Waals surface area contributed by atoms with Crippen LogP contribution < -0.4 is 10.1 Å². The summed E-state index contributed by atoms with van der Waals surface area (Å²) in [6.45, 7) is 5.83. The monoisotopic (exact) mass is 354 g/mol. The van der Waals surface area contributed by atoms with Crippen molar-refractivity contribution in [1.29, 1.82) is 0 Å². The number of hydrogen-bond acceptors (Lipinski definition) is 4. The zero-order valence-corrected chi connectivity index (χ0v) is 15.0. The van der Waals surface area contributed by atoms with E-state index in [4.69, 9.17) is 4.74 Å². The lowest BCUT2D eigenvalue weighted by Crippen LogP contribution is -2.39. The van der Waals surface area contributed by atoms with Gasteiger partial charge in [0.2, 0.25) is 5.88 Å². The molecular formula is C20H22N2O4. The number of ether oxygens (including phenoxy) is 1. The number of benzene rings is 1. The average Bonchev–Trinajstić information content (AvgIpc) is 2.58. The van der Waals surface area contributed by atoms with Gasteiger partial charge < -0.3 is 15.2 Å². The summed E-state index contributed by atoms with van der Waals surface area (Å²) in [7, 11) is 0. The Morgan fingerprint density at radius 3 is 2.50 bits per heavy atom. The number of carboxylic acids is 1. The van der Waals surface area contributed by atoms with Crippen molar-refractivity contribution in [3.63, 3.8) is 0 Å². The molecule has 0 saturated heterocycles. The lowest BCUT2D eigenvalue weighted by molar-refractivity contribution is -0.137. The second-order valence-electron chi connectivity index (χ2n) is 6.81. The Kier molecular flexibility index (Phi) is 6.11. The van der Waals surface area contributed by atoms with Gasteiger partial charge >= 0.3 is 5.97 Å². The smallest absolute Gasteiger partial charge is 0.330 e. The molecule has 1 unspecified atom stereocenters. The summed E-state index contributed by atoms with van der Waals surface area (Å²) in [4.78, 5) is 27.9. The van der Waals surface area contributed by atoms with Crippen molar-refractivity contribution in [3.05, 3.63) is 66.4 Å². The fraction of sp³-hybridized carbons (Fsp3) is 0.250. The standard InChI is InChI=1S/C20H22N2O4/c1-20(2,3)11-9-16(19(24)25)22-18(23)14-10-12-21-17(13-14)26-15-7-5-4-6-8-15/h4-13,16H,1-3H3,(H,22,23)(H,24,25)/b11-9+. The van der Waals surface area contributed by atoms with Crippen molar-refractivity contribution in [2.75, 3.05) is 0 Å². The molecule has 0 aliphatic carbocycles. The van der Waals surface area contributed by atoms with Crippen LogP contribution in [0.4, 0.5) is 0 Å². The Hall–Kier alpha value is -3.15. The molecule has 2 N–H and O–H groups in total. The lowest BCUT2D eigenvalue weighted by Gasteiger charge is -2.15.